The first-order valence-electron chi connectivity index (χ1n) is 6.30. The van der Waals surface area contributed by atoms with E-state index in [2.05, 4.69) is 10.4 Å². The number of carbonyl (C=O) groups is 1. The zero-order valence-electron chi connectivity index (χ0n) is 11.8. The van der Waals surface area contributed by atoms with Crippen LogP contribution in [0.25, 0.3) is 0 Å². The van der Waals surface area contributed by atoms with Gasteiger partial charge in [0.2, 0.25) is 0 Å². The van der Waals surface area contributed by atoms with Crippen molar-refractivity contribution in [3.05, 3.63) is 52.3 Å². The highest BCUT2D eigenvalue weighted by Crippen LogP contribution is 2.12. The molecule has 5 nitrogen and oxygen atoms in total. The first-order chi connectivity index (χ1) is 9.52. The SMILES string of the molecule is Cc1nn(C)c(C)c1CNC(=O)c1cccc(C#N)c1. The van der Waals surface area contributed by atoms with Gasteiger partial charge in [-0.15, -0.1) is 0 Å². The summed E-state index contributed by atoms with van der Waals surface area (Å²) in [5, 5.41) is 16.0. The molecule has 0 radical (unpaired) electrons. The summed E-state index contributed by atoms with van der Waals surface area (Å²) in [6.45, 7) is 4.32. The van der Waals surface area contributed by atoms with Crippen molar-refractivity contribution < 1.29 is 4.79 Å². The molecule has 0 atom stereocenters. The van der Waals surface area contributed by atoms with Crippen LogP contribution in [0.4, 0.5) is 0 Å². The number of hydrogen-bond donors (Lipinski definition) is 1. The highest BCUT2D eigenvalue weighted by atomic mass is 16.1. The standard InChI is InChI=1S/C15H16N4O/c1-10-14(11(2)19(3)18-10)9-17-15(20)13-6-4-5-12(7-13)8-16/h4-7H,9H2,1-3H3,(H,17,20). The van der Waals surface area contributed by atoms with Gasteiger partial charge in [-0.05, 0) is 32.0 Å². The summed E-state index contributed by atoms with van der Waals surface area (Å²) in [4.78, 5) is 12.1. The molecule has 1 aromatic carbocycles. The number of benzene rings is 1. The van der Waals surface area contributed by atoms with Gasteiger partial charge in [0.25, 0.3) is 5.91 Å². The van der Waals surface area contributed by atoms with Crippen molar-refractivity contribution in [2.24, 2.45) is 7.05 Å². The zero-order valence-corrected chi connectivity index (χ0v) is 11.8. The fourth-order valence-corrected chi connectivity index (χ4v) is 2.07. The first kappa shape index (κ1) is 13.8. The number of amides is 1. The lowest BCUT2D eigenvalue weighted by Crippen LogP contribution is -2.23. The summed E-state index contributed by atoms with van der Waals surface area (Å²) >= 11 is 0. The van der Waals surface area contributed by atoms with E-state index in [4.69, 9.17) is 5.26 Å². The van der Waals surface area contributed by atoms with Gasteiger partial charge in [-0.3, -0.25) is 9.48 Å². The molecule has 1 heterocycles. The molecule has 0 unspecified atom stereocenters. The van der Waals surface area contributed by atoms with Crippen LogP contribution in [0.1, 0.15) is 32.9 Å². The summed E-state index contributed by atoms with van der Waals surface area (Å²) in [7, 11) is 1.88. The van der Waals surface area contributed by atoms with Crippen LogP contribution in [-0.4, -0.2) is 15.7 Å². The summed E-state index contributed by atoms with van der Waals surface area (Å²) in [6, 6.07) is 8.67. The van der Waals surface area contributed by atoms with Crippen molar-refractivity contribution in [3.8, 4) is 6.07 Å². The molecule has 1 aromatic heterocycles. The van der Waals surface area contributed by atoms with E-state index in [9.17, 15) is 4.79 Å². The van der Waals surface area contributed by atoms with Crippen LogP contribution in [-0.2, 0) is 13.6 Å². The molecule has 2 rings (SSSR count). The van der Waals surface area contributed by atoms with Crippen LogP contribution < -0.4 is 5.32 Å². The third-order valence-corrected chi connectivity index (χ3v) is 3.34. The summed E-state index contributed by atoms with van der Waals surface area (Å²) in [5.74, 6) is -0.190. The minimum atomic E-state index is -0.190. The van der Waals surface area contributed by atoms with E-state index in [-0.39, 0.29) is 5.91 Å². The van der Waals surface area contributed by atoms with Crippen LogP contribution in [0.15, 0.2) is 24.3 Å². The second-order valence-corrected chi connectivity index (χ2v) is 4.65. The molecule has 5 heteroatoms. The van der Waals surface area contributed by atoms with Gasteiger partial charge in [-0.1, -0.05) is 6.07 Å². The fourth-order valence-electron chi connectivity index (χ4n) is 2.07. The molecule has 20 heavy (non-hydrogen) atoms. The van der Waals surface area contributed by atoms with E-state index in [1.54, 1.807) is 28.9 Å². The molecule has 0 spiro atoms. The molecule has 2 aromatic rings. The Hall–Kier alpha value is -2.61. The van der Waals surface area contributed by atoms with Crippen molar-refractivity contribution in [3.63, 3.8) is 0 Å². The number of rotatable bonds is 3. The van der Waals surface area contributed by atoms with Gasteiger partial charge in [0, 0.05) is 30.4 Å². The quantitative estimate of drug-likeness (QED) is 0.923. The third-order valence-electron chi connectivity index (χ3n) is 3.34. The average molecular weight is 268 g/mol. The van der Waals surface area contributed by atoms with Crippen molar-refractivity contribution in [1.82, 2.24) is 15.1 Å². The lowest BCUT2D eigenvalue weighted by atomic mass is 10.1. The first-order valence-corrected chi connectivity index (χ1v) is 6.30. The molecule has 0 fully saturated rings. The van der Waals surface area contributed by atoms with Crippen molar-refractivity contribution in [1.29, 1.82) is 5.26 Å². The van der Waals surface area contributed by atoms with Gasteiger partial charge in [-0.2, -0.15) is 10.4 Å². The third kappa shape index (κ3) is 2.69. The Morgan fingerprint density at radius 3 is 2.80 bits per heavy atom. The normalized spacial score (nSPS) is 10.1. The fraction of sp³-hybridized carbons (Fsp3) is 0.267. The maximum absolute atomic E-state index is 12.1. The van der Waals surface area contributed by atoms with Gasteiger partial charge in [0.1, 0.15) is 0 Å². The number of hydrogen-bond acceptors (Lipinski definition) is 3. The highest BCUT2D eigenvalue weighted by Gasteiger charge is 2.11. The maximum atomic E-state index is 12.1. The molecular weight excluding hydrogens is 252 g/mol. The minimum absolute atomic E-state index is 0.190. The largest absolute Gasteiger partial charge is 0.348 e. The van der Waals surface area contributed by atoms with E-state index < -0.39 is 0 Å². The Kier molecular flexibility index (Phi) is 3.85. The lowest BCUT2D eigenvalue weighted by Gasteiger charge is -2.06. The average Bonchev–Trinajstić information content (AvgIpc) is 2.70. The number of aryl methyl sites for hydroxylation is 2. The number of aromatic nitrogens is 2. The van der Waals surface area contributed by atoms with E-state index in [1.807, 2.05) is 27.0 Å². The molecule has 0 aliphatic rings. The van der Waals surface area contributed by atoms with Gasteiger partial charge >= 0.3 is 0 Å². The molecule has 1 amide bonds. The van der Waals surface area contributed by atoms with E-state index >= 15 is 0 Å². The van der Waals surface area contributed by atoms with Crippen molar-refractivity contribution in [2.45, 2.75) is 20.4 Å². The van der Waals surface area contributed by atoms with Gasteiger partial charge in [0.05, 0.1) is 17.3 Å². The van der Waals surface area contributed by atoms with Crippen LogP contribution in [0.2, 0.25) is 0 Å². The van der Waals surface area contributed by atoms with E-state index in [1.165, 1.54) is 0 Å². The Bertz CT molecular complexity index is 694. The molecule has 102 valence electrons. The number of nitrogens with zero attached hydrogens (tertiary/aromatic N) is 3. The molecule has 0 aliphatic carbocycles. The Balaban J connectivity index is 2.11. The van der Waals surface area contributed by atoms with Crippen LogP contribution in [0.3, 0.4) is 0 Å². The minimum Gasteiger partial charge on any atom is -0.348 e. The summed E-state index contributed by atoms with van der Waals surface area (Å²) in [6.07, 6.45) is 0. The van der Waals surface area contributed by atoms with Crippen LogP contribution >= 0.6 is 0 Å². The van der Waals surface area contributed by atoms with Crippen LogP contribution in [0.5, 0.6) is 0 Å². The van der Waals surface area contributed by atoms with E-state index in [0.29, 0.717) is 17.7 Å². The second-order valence-electron chi connectivity index (χ2n) is 4.65. The van der Waals surface area contributed by atoms with Crippen LogP contribution in [0, 0.1) is 25.2 Å². The Labute approximate surface area is 117 Å². The molecule has 1 N–H and O–H groups in total. The van der Waals surface area contributed by atoms with Crippen molar-refractivity contribution >= 4 is 5.91 Å². The Morgan fingerprint density at radius 2 is 2.20 bits per heavy atom. The number of nitrogens with one attached hydrogen (secondary N) is 1. The molecular formula is C15H16N4O. The molecule has 0 saturated carbocycles. The number of carbonyl (C=O) groups excluding carboxylic acids is 1. The smallest absolute Gasteiger partial charge is 0.251 e. The molecule has 0 aliphatic heterocycles. The predicted octanol–water partition coefficient (Wildman–Crippen LogP) is 1.84. The van der Waals surface area contributed by atoms with E-state index in [0.717, 1.165) is 17.0 Å². The van der Waals surface area contributed by atoms with Gasteiger partial charge < -0.3 is 5.32 Å². The summed E-state index contributed by atoms with van der Waals surface area (Å²) < 4.78 is 1.80. The maximum Gasteiger partial charge on any atom is 0.251 e. The second kappa shape index (κ2) is 5.57. The predicted molar refractivity (Wildman–Crippen MR) is 75.0 cm³/mol. The Morgan fingerprint density at radius 1 is 1.45 bits per heavy atom. The number of nitriles is 1. The monoisotopic (exact) mass is 268 g/mol. The van der Waals surface area contributed by atoms with Gasteiger partial charge in [-0.25, -0.2) is 0 Å². The van der Waals surface area contributed by atoms with Gasteiger partial charge in [0.15, 0.2) is 0 Å². The molecule has 0 bridgehead atoms. The topological polar surface area (TPSA) is 70.7 Å². The highest BCUT2D eigenvalue weighted by molar-refractivity contribution is 5.94. The zero-order chi connectivity index (χ0) is 14.7. The molecule has 0 saturated heterocycles. The van der Waals surface area contributed by atoms with Crippen molar-refractivity contribution in [2.75, 3.05) is 0 Å². The lowest BCUT2D eigenvalue weighted by molar-refractivity contribution is 0.0951. The summed E-state index contributed by atoms with van der Waals surface area (Å²) in [5.41, 5.74) is 3.94.